The van der Waals surface area contributed by atoms with Gasteiger partial charge in [-0.1, -0.05) is 12.1 Å². The molecule has 1 aromatic rings. The summed E-state index contributed by atoms with van der Waals surface area (Å²) in [6.07, 6.45) is 1.95. The number of carboxylic acids is 1. The van der Waals surface area contributed by atoms with Crippen molar-refractivity contribution in [3.63, 3.8) is 0 Å². The molecular weight excluding hydrogens is 216 g/mol. The van der Waals surface area contributed by atoms with Gasteiger partial charge in [0.05, 0.1) is 12.2 Å². The van der Waals surface area contributed by atoms with Crippen LogP contribution in [-0.4, -0.2) is 27.0 Å². The van der Waals surface area contributed by atoms with Crippen LogP contribution in [0.5, 0.6) is 0 Å². The van der Waals surface area contributed by atoms with Gasteiger partial charge in [-0.3, -0.25) is 4.79 Å². The molecule has 0 aromatic carbocycles. The average Bonchev–Trinajstić information content (AvgIpc) is 2.61. The lowest BCUT2D eigenvalue weighted by Crippen LogP contribution is -1.96. The van der Waals surface area contributed by atoms with Gasteiger partial charge >= 0.3 is 5.97 Å². The van der Waals surface area contributed by atoms with Gasteiger partial charge in [-0.05, 0) is 6.42 Å². The Balaban J connectivity index is 2.22. The number of hydrogen-bond donors (Lipinski definition) is 1. The number of aromatic nitrogens is 2. The van der Waals surface area contributed by atoms with E-state index >= 15 is 0 Å². The summed E-state index contributed by atoms with van der Waals surface area (Å²) in [5.41, 5.74) is 0. The van der Waals surface area contributed by atoms with Crippen molar-refractivity contribution in [2.24, 2.45) is 0 Å². The molecule has 1 rings (SSSR count). The molecule has 0 amide bonds. The van der Waals surface area contributed by atoms with Crippen LogP contribution < -0.4 is 0 Å². The molecule has 1 N–H and O–H groups in total. The number of thioether (sulfide) groups is 1. The van der Waals surface area contributed by atoms with E-state index < -0.39 is 5.97 Å². The number of carbonyl (C=O) groups is 1. The Morgan fingerprint density at radius 1 is 1.60 bits per heavy atom. The lowest BCUT2D eigenvalue weighted by molar-refractivity contribution is -0.136. The standard InChI is InChI=1S/C9H14N2O3S/c1-2-3-8-10-7(11-14-8)6-15-5-4-9(12)13/h2-6H2,1H3,(H,12,13). The van der Waals surface area contributed by atoms with Crippen LogP contribution in [0.2, 0.25) is 0 Å². The van der Waals surface area contributed by atoms with E-state index in [0.29, 0.717) is 23.2 Å². The molecule has 0 bridgehead atoms. The van der Waals surface area contributed by atoms with Crippen LogP contribution in [0.25, 0.3) is 0 Å². The van der Waals surface area contributed by atoms with Gasteiger partial charge in [0.1, 0.15) is 0 Å². The van der Waals surface area contributed by atoms with Gasteiger partial charge in [0.2, 0.25) is 5.89 Å². The highest BCUT2D eigenvalue weighted by Crippen LogP contribution is 2.11. The number of aliphatic carboxylic acids is 1. The minimum absolute atomic E-state index is 0.171. The summed E-state index contributed by atoms with van der Waals surface area (Å²) in [7, 11) is 0. The third-order valence-corrected chi connectivity index (χ3v) is 2.62. The van der Waals surface area contributed by atoms with Gasteiger partial charge in [0, 0.05) is 12.2 Å². The molecule has 0 aliphatic carbocycles. The predicted octanol–water partition coefficient (Wildman–Crippen LogP) is 1.73. The van der Waals surface area contributed by atoms with Crippen LogP contribution in [0.1, 0.15) is 31.5 Å². The first-order valence-electron chi connectivity index (χ1n) is 4.83. The Labute approximate surface area is 92.2 Å². The van der Waals surface area contributed by atoms with E-state index in [2.05, 4.69) is 10.1 Å². The highest BCUT2D eigenvalue weighted by atomic mass is 32.2. The van der Waals surface area contributed by atoms with E-state index in [-0.39, 0.29) is 6.42 Å². The summed E-state index contributed by atoms with van der Waals surface area (Å²) in [5, 5.41) is 12.2. The second-order valence-electron chi connectivity index (χ2n) is 3.05. The van der Waals surface area contributed by atoms with Gasteiger partial charge in [-0.15, -0.1) is 0 Å². The molecule has 0 saturated heterocycles. The van der Waals surface area contributed by atoms with E-state index in [1.807, 2.05) is 6.92 Å². The fraction of sp³-hybridized carbons (Fsp3) is 0.667. The molecule has 0 aliphatic heterocycles. The smallest absolute Gasteiger partial charge is 0.304 e. The first-order chi connectivity index (χ1) is 7.22. The molecule has 0 unspecified atom stereocenters. The topological polar surface area (TPSA) is 76.2 Å². The summed E-state index contributed by atoms with van der Waals surface area (Å²) >= 11 is 1.50. The largest absolute Gasteiger partial charge is 0.481 e. The maximum Gasteiger partial charge on any atom is 0.304 e. The van der Waals surface area contributed by atoms with Crippen molar-refractivity contribution >= 4 is 17.7 Å². The van der Waals surface area contributed by atoms with Gasteiger partial charge in [0.15, 0.2) is 5.82 Å². The summed E-state index contributed by atoms with van der Waals surface area (Å²) in [5.74, 6) is 1.72. The highest BCUT2D eigenvalue weighted by molar-refractivity contribution is 7.98. The lowest BCUT2D eigenvalue weighted by atomic mass is 10.3. The first-order valence-corrected chi connectivity index (χ1v) is 5.99. The fourth-order valence-electron chi connectivity index (χ4n) is 0.987. The van der Waals surface area contributed by atoms with Crippen molar-refractivity contribution in [3.8, 4) is 0 Å². The average molecular weight is 230 g/mol. The quantitative estimate of drug-likeness (QED) is 0.719. The zero-order valence-electron chi connectivity index (χ0n) is 8.60. The summed E-state index contributed by atoms with van der Waals surface area (Å²) < 4.78 is 4.99. The molecular formula is C9H14N2O3S. The molecule has 15 heavy (non-hydrogen) atoms. The minimum atomic E-state index is -0.776. The van der Waals surface area contributed by atoms with Crippen molar-refractivity contribution in [3.05, 3.63) is 11.7 Å². The Morgan fingerprint density at radius 3 is 3.07 bits per heavy atom. The van der Waals surface area contributed by atoms with Crippen LogP contribution in [-0.2, 0) is 17.0 Å². The Morgan fingerprint density at radius 2 is 2.40 bits per heavy atom. The fourth-order valence-corrected chi connectivity index (χ4v) is 1.75. The van der Waals surface area contributed by atoms with E-state index in [1.54, 1.807) is 0 Å². The molecule has 5 nitrogen and oxygen atoms in total. The summed E-state index contributed by atoms with van der Waals surface area (Å²) in [6, 6.07) is 0. The molecule has 1 heterocycles. The third-order valence-electron chi connectivity index (χ3n) is 1.67. The maximum absolute atomic E-state index is 10.2. The molecule has 0 fully saturated rings. The van der Waals surface area contributed by atoms with Crippen molar-refractivity contribution in [1.29, 1.82) is 0 Å². The maximum atomic E-state index is 10.2. The third kappa shape index (κ3) is 4.83. The van der Waals surface area contributed by atoms with Gasteiger partial charge in [0.25, 0.3) is 0 Å². The highest BCUT2D eigenvalue weighted by Gasteiger charge is 2.05. The summed E-state index contributed by atoms with van der Waals surface area (Å²) in [4.78, 5) is 14.4. The van der Waals surface area contributed by atoms with E-state index in [9.17, 15) is 4.79 Å². The SMILES string of the molecule is CCCc1nc(CSCCC(=O)O)no1. The molecule has 0 spiro atoms. The van der Waals surface area contributed by atoms with Crippen molar-refractivity contribution < 1.29 is 14.4 Å². The number of nitrogens with zero attached hydrogens (tertiary/aromatic N) is 2. The Bertz CT molecular complexity index is 314. The van der Waals surface area contributed by atoms with E-state index in [0.717, 1.165) is 12.8 Å². The van der Waals surface area contributed by atoms with Gasteiger partial charge in [-0.25, -0.2) is 0 Å². The first kappa shape index (κ1) is 12.0. The molecule has 1 aromatic heterocycles. The van der Waals surface area contributed by atoms with Gasteiger partial charge in [-0.2, -0.15) is 16.7 Å². The van der Waals surface area contributed by atoms with Crippen molar-refractivity contribution in [2.45, 2.75) is 31.9 Å². The molecule has 6 heteroatoms. The molecule has 0 aliphatic rings. The number of hydrogen-bond acceptors (Lipinski definition) is 5. The Hall–Kier alpha value is -1.04. The second-order valence-corrected chi connectivity index (χ2v) is 4.16. The minimum Gasteiger partial charge on any atom is -0.481 e. The van der Waals surface area contributed by atoms with Crippen molar-refractivity contribution in [1.82, 2.24) is 10.1 Å². The van der Waals surface area contributed by atoms with E-state index in [1.165, 1.54) is 11.8 Å². The second kappa shape index (κ2) is 6.44. The summed E-state index contributed by atoms with van der Waals surface area (Å²) in [6.45, 7) is 2.05. The van der Waals surface area contributed by atoms with E-state index in [4.69, 9.17) is 9.63 Å². The number of aryl methyl sites for hydroxylation is 1. The van der Waals surface area contributed by atoms with Crippen LogP contribution in [0.15, 0.2) is 4.52 Å². The normalized spacial score (nSPS) is 10.5. The molecule has 0 saturated carbocycles. The zero-order valence-corrected chi connectivity index (χ0v) is 9.42. The number of rotatable bonds is 7. The zero-order chi connectivity index (χ0) is 11.1. The molecule has 0 radical (unpaired) electrons. The predicted molar refractivity (Wildman–Crippen MR) is 56.7 cm³/mol. The molecule has 0 atom stereocenters. The lowest BCUT2D eigenvalue weighted by Gasteiger charge is -1.93. The molecule has 84 valence electrons. The van der Waals surface area contributed by atoms with Crippen LogP contribution in [0.3, 0.4) is 0 Å². The monoisotopic (exact) mass is 230 g/mol. The Kier molecular flexibility index (Phi) is 5.17. The van der Waals surface area contributed by atoms with Crippen LogP contribution in [0.4, 0.5) is 0 Å². The van der Waals surface area contributed by atoms with Crippen LogP contribution >= 0.6 is 11.8 Å². The van der Waals surface area contributed by atoms with Crippen LogP contribution in [0, 0.1) is 0 Å². The van der Waals surface area contributed by atoms with Crippen molar-refractivity contribution in [2.75, 3.05) is 5.75 Å². The van der Waals surface area contributed by atoms with Gasteiger partial charge < -0.3 is 9.63 Å². The number of carboxylic acid groups (broad SMARTS) is 1.